The molecule has 3 rings (SSSR count). The first-order valence-corrected chi connectivity index (χ1v) is 10.9. The first kappa shape index (κ1) is 19.8. The predicted octanol–water partition coefficient (Wildman–Crippen LogP) is 2.23. The van der Waals surface area contributed by atoms with E-state index in [0.717, 1.165) is 19.3 Å². The number of benzene rings is 1. The molecule has 27 heavy (non-hydrogen) atoms. The van der Waals surface area contributed by atoms with E-state index in [4.69, 9.17) is 5.11 Å². The minimum absolute atomic E-state index is 0.0485. The van der Waals surface area contributed by atoms with Crippen molar-refractivity contribution in [2.45, 2.75) is 62.4 Å². The van der Waals surface area contributed by atoms with Crippen LogP contribution in [-0.2, 0) is 14.8 Å². The van der Waals surface area contributed by atoms with Crippen LogP contribution in [0, 0.1) is 5.92 Å². The quantitative estimate of drug-likeness (QED) is 0.797. The lowest BCUT2D eigenvalue weighted by Crippen LogP contribution is -2.42. The lowest BCUT2D eigenvalue weighted by atomic mass is 10.1. The van der Waals surface area contributed by atoms with Crippen molar-refractivity contribution in [3.8, 4) is 0 Å². The highest BCUT2D eigenvalue weighted by molar-refractivity contribution is 7.89. The molecule has 1 heterocycles. The summed E-state index contributed by atoms with van der Waals surface area (Å²) in [5, 5.41) is 11.9. The minimum Gasteiger partial charge on any atom is -0.481 e. The third-order valence-corrected chi connectivity index (χ3v) is 7.57. The average molecular weight is 394 g/mol. The first-order chi connectivity index (χ1) is 12.8. The molecule has 0 aromatic heterocycles. The topological polar surface area (TPSA) is 104 Å². The van der Waals surface area contributed by atoms with Gasteiger partial charge in [-0.2, -0.15) is 4.31 Å². The van der Waals surface area contributed by atoms with Gasteiger partial charge in [-0.15, -0.1) is 0 Å². The number of rotatable bonds is 5. The number of nitrogens with one attached hydrogen (secondary N) is 1. The second-order valence-electron chi connectivity index (χ2n) is 7.51. The van der Waals surface area contributed by atoms with Crippen LogP contribution in [0.2, 0.25) is 0 Å². The lowest BCUT2D eigenvalue weighted by molar-refractivity contribution is -0.141. The summed E-state index contributed by atoms with van der Waals surface area (Å²) in [6.45, 7) is 2.41. The largest absolute Gasteiger partial charge is 0.481 e. The van der Waals surface area contributed by atoms with Crippen LogP contribution in [0.5, 0.6) is 0 Å². The number of hydrogen-bond acceptors (Lipinski definition) is 4. The lowest BCUT2D eigenvalue weighted by Gasteiger charge is -2.32. The standard InChI is InChI=1S/C19H26N2O5S/c1-13-5-2-3-10-21(13)27(25,26)17-7-4-6-14(12-17)18(22)20-16-9-8-15(11-16)19(23)24/h4,6-7,12-13,15-16H,2-3,5,8-11H2,1H3,(H,20,22)(H,23,24)/t13?,15-,16+/m0/s1. The number of carboxylic acids is 1. The van der Waals surface area contributed by atoms with Gasteiger partial charge in [-0.3, -0.25) is 9.59 Å². The summed E-state index contributed by atoms with van der Waals surface area (Å²) in [7, 11) is -3.64. The van der Waals surface area contributed by atoms with E-state index in [0.29, 0.717) is 25.8 Å². The zero-order chi connectivity index (χ0) is 19.6. The highest BCUT2D eigenvalue weighted by Gasteiger charge is 2.32. The van der Waals surface area contributed by atoms with E-state index in [1.54, 1.807) is 12.1 Å². The molecule has 0 spiro atoms. The number of nitrogens with zero attached hydrogens (tertiary/aromatic N) is 1. The van der Waals surface area contributed by atoms with Crippen molar-refractivity contribution < 1.29 is 23.1 Å². The fraction of sp³-hybridized carbons (Fsp3) is 0.579. The molecule has 1 amide bonds. The molecular formula is C19H26N2O5S. The SMILES string of the molecule is CC1CCCCN1S(=O)(=O)c1cccc(C(=O)N[C@@H]2CC[C@H](C(=O)O)C2)c1. The Morgan fingerprint density at radius 1 is 1.19 bits per heavy atom. The molecule has 3 atom stereocenters. The average Bonchev–Trinajstić information content (AvgIpc) is 3.11. The summed E-state index contributed by atoms with van der Waals surface area (Å²) < 4.78 is 27.4. The third kappa shape index (κ3) is 4.32. The van der Waals surface area contributed by atoms with Gasteiger partial charge in [0.2, 0.25) is 10.0 Å². The summed E-state index contributed by atoms with van der Waals surface area (Å²) in [6, 6.07) is 5.84. The van der Waals surface area contributed by atoms with Gasteiger partial charge in [-0.05, 0) is 57.2 Å². The maximum absolute atomic E-state index is 13.0. The van der Waals surface area contributed by atoms with E-state index in [2.05, 4.69) is 5.32 Å². The van der Waals surface area contributed by atoms with Gasteiger partial charge in [0.05, 0.1) is 10.8 Å². The van der Waals surface area contributed by atoms with Crippen molar-refractivity contribution in [3.05, 3.63) is 29.8 Å². The number of sulfonamides is 1. The maximum atomic E-state index is 13.0. The monoisotopic (exact) mass is 394 g/mol. The second-order valence-corrected chi connectivity index (χ2v) is 9.40. The summed E-state index contributed by atoms with van der Waals surface area (Å²) in [5.74, 6) is -1.63. The van der Waals surface area contributed by atoms with E-state index in [1.807, 2.05) is 6.92 Å². The zero-order valence-electron chi connectivity index (χ0n) is 15.4. The number of aliphatic carboxylic acids is 1. The van der Waals surface area contributed by atoms with Crippen LogP contribution in [-0.4, -0.2) is 48.3 Å². The van der Waals surface area contributed by atoms with Crippen molar-refractivity contribution in [1.29, 1.82) is 0 Å². The van der Waals surface area contributed by atoms with Crippen LogP contribution in [0.3, 0.4) is 0 Å². The Morgan fingerprint density at radius 2 is 1.96 bits per heavy atom. The molecule has 0 radical (unpaired) electrons. The summed E-state index contributed by atoms with van der Waals surface area (Å²) >= 11 is 0. The maximum Gasteiger partial charge on any atom is 0.306 e. The molecule has 148 valence electrons. The predicted molar refractivity (Wildman–Crippen MR) is 99.9 cm³/mol. The van der Waals surface area contributed by atoms with E-state index in [9.17, 15) is 18.0 Å². The molecule has 8 heteroatoms. The number of carbonyl (C=O) groups excluding carboxylic acids is 1. The van der Waals surface area contributed by atoms with Gasteiger partial charge in [0.25, 0.3) is 5.91 Å². The molecule has 1 aromatic carbocycles. The van der Waals surface area contributed by atoms with Gasteiger partial charge >= 0.3 is 5.97 Å². The molecule has 2 fully saturated rings. The Kier molecular flexibility index (Phi) is 5.86. The van der Waals surface area contributed by atoms with E-state index in [-0.39, 0.29) is 28.4 Å². The fourth-order valence-electron chi connectivity index (χ4n) is 3.97. The van der Waals surface area contributed by atoms with Crippen molar-refractivity contribution in [2.75, 3.05) is 6.54 Å². The molecule has 1 aliphatic heterocycles. The van der Waals surface area contributed by atoms with Crippen LogP contribution in [0.1, 0.15) is 55.8 Å². The normalized spacial score (nSPS) is 26.6. The Labute approximate surface area is 159 Å². The number of carboxylic acid groups (broad SMARTS) is 1. The van der Waals surface area contributed by atoms with E-state index in [1.165, 1.54) is 16.4 Å². The number of carbonyl (C=O) groups is 2. The van der Waals surface area contributed by atoms with Crippen molar-refractivity contribution in [2.24, 2.45) is 5.92 Å². The summed E-state index contributed by atoms with van der Waals surface area (Å²) in [6.07, 6.45) is 4.27. The summed E-state index contributed by atoms with van der Waals surface area (Å²) in [4.78, 5) is 23.7. The molecule has 0 bridgehead atoms. The molecule has 7 nitrogen and oxygen atoms in total. The highest BCUT2D eigenvalue weighted by atomic mass is 32.2. The van der Waals surface area contributed by atoms with Crippen LogP contribution < -0.4 is 5.32 Å². The smallest absolute Gasteiger partial charge is 0.306 e. The van der Waals surface area contributed by atoms with E-state index >= 15 is 0 Å². The van der Waals surface area contributed by atoms with Crippen LogP contribution >= 0.6 is 0 Å². The fourth-order valence-corrected chi connectivity index (χ4v) is 5.71. The van der Waals surface area contributed by atoms with Crippen molar-refractivity contribution >= 4 is 21.9 Å². The van der Waals surface area contributed by atoms with Gasteiger partial charge < -0.3 is 10.4 Å². The Bertz CT molecular complexity index is 823. The number of hydrogen-bond donors (Lipinski definition) is 2. The zero-order valence-corrected chi connectivity index (χ0v) is 16.2. The van der Waals surface area contributed by atoms with Crippen LogP contribution in [0.15, 0.2) is 29.2 Å². The van der Waals surface area contributed by atoms with Gasteiger partial charge in [0.1, 0.15) is 0 Å². The Hall–Kier alpha value is -1.93. The number of amides is 1. The van der Waals surface area contributed by atoms with Gasteiger partial charge in [-0.1, -0.05) is 12.5 Å². The third-order valence-electron chi connectivity index (χ3n) is 5.56. The molecule has 1 saturated heterocycles. The van der Waals surface area contributed by atoms with Crippen molar-refractivity contribution in [3.63, 3.8) is 0 Å². The molecule has 1 aromatic rings. The molecule has 1 aliphatic carbocycles. The minimum atomic E-state index is -3.64. The molecular weight excluding hydrogens is 368 g/mol. The first-order valence-electron chi connectivity index (χ1n) is 9.44. The van der Waals surface area contributed by atoms with Crippen molar-refractivity contribution in [1.82, 2.24) is 9.62 Å². The van der Waals surface area contributed by atoms with Gasteiger partial charge in [0, 0.05) is 24.2 Å². The van der Waals surface area contributed by atoms with Crippen LogP contribution in [0.4, 0.5) is 0 Å². The molecule has 1 unspecified atom stereocenters. The number of piperidine rings is 1. The Morgan fingerprint density at radius 3 is 2.63 bits per heavy atom. The van der Waals surface area contributed by atoms with Crippen LogP contribution in [0.25, 0.3) is 0 Å². The molecule has 2 N–H and O–H groups in total. The summed E-state index contributed by atoms with van der Waals surface area (Å²) in [5.41, 5.74) is 0.277. The Balaban J connectivity index is 1.73. The van der Waals surface area contributed by atoms with E-state index < -0.39 is 21.9 Å². The molecule has 1 saturated carbocycles. The van der Waals surface area contributed by atoms with Gasteiger partial charge in [-0.25, -0.2) is 8.42 Å². The molecule has 2 aliphatic rings. The second kappa shape index (κ2) is 7.98. The van der Waals surface area contributed by atoms with Gasteiger partial charge in [0.15, 0.2) is 0 Å². The highest BCUT2D eigenvalue weighted by Crippen LogP contribution is 2.27.